The molecule has 3 aromatic rings. The monoisotopic (exact) mass is 636 g/mol. The van der Waals surface area contributed by atoms with E-state index in [-0.39, 0.29) is 23.5 Å². The Morgan fingerprint density at radius 2 is 1.67 bits per heavy atom. The Hall–Kier alpha value is -4.50. The van der Waals surface area contributed by atoms with Crippen LogP contribution in [0.5, 0.6) is 11.5 Å². The van der Waals surface area contributed by atoms with Gasteiger partial charge in [-0.25, -0.2) is 8.78 Å². The highest BCUT2D eigenvalue weighted by Gasteiger charge is 2.46. The molecule has 2 aliphatic heterocycles. The Bertz CT molecular complexity index is 1580. The van der Waals surface area contributed by atoms with E-state index < -0.39 is 58.6 Å². The quantitative estimate of drug-likeness (QED) is 0.360. The lowest BCUT2D eigenvalue weighted by atomic mass is 9.92. The number of hydrogen-bond acceptors (Lipinski definition) is 7. The number of nitrogens with one attached hydrogen (secondary N) is 1. The SMILES string of the molecule is COc1cc(F)c([C@@H]2CN(c3cccn(CCN4CCOCC4)c3=O)C(=O)C2NC(=O)c2ccc(OC(F)(F)F)cc2)c(F)c1. The maximum Gasteiger partial charge on any atom is 0.573 e. The van der Waals surface area contributed by atoms with Gasteiger partial charge >= 0.3 is 6.36 Å². The molecule has 2 atom stereocenters. The molecular weight excluding hydrogens is 607 g/mol. The lowest BCUT2D eigenvalue weighted by molar-refractivity contribution is -0.274. The third kappa shape index (κ3) is 7.26. The number of nitrogens with zero attached hydrogens (tertiary/aromatic N) is 3. The number of anilines is 1. The van der Waals surface area contributed by atoms with Crippen molar-refractivity contribution in [1.29, 1.82) is 0 Å². The molecule has 45 heavy (non-hydrogen) atoms. The molecule has 15 heteroatoms. The van der Waals surface area contributed by atoms with E-state index in [1.165, 1.54) is 17.7 Å². The Kier molecular flexibility index (Phi) is 9.39. The van der Waals surface area contributed by atoms with Gasteiger partial charge in [0.05, 0.1) is 20.3 Å². The summed E-state index contributed by atoms with van der Waals surface area (Å²) in [5.74, 6) is -5.74. The van der Waals surface area contributed by atoms with Gasteiger partial charge in [-0.05, 0) is 36.4 Å². The maximum atomic E-state index is 15.3. The first-order valence-electron chi connectivity index (χ1n) is 14.0. The van der Waals surface area contributed by atoms with Gasteiger partial charge in [0.15, 0.2) is 0 Å². The lowest BCUT2D eigenvalue weighted by Gasteiger charge is -2.26. The number of benzene rings is 2. The first-order chi connectivity index (χ1) is 21.4. The molecule has 2 saturated heterocycles. The van der Waals surface area contributed by atoms with Gasteiger partial charge in [0, 0.05) is 68.1 Å². The molecule has 2 fully saturated rings. The van der Waals surface area contributed by atoms with Crippen molar-refractivity contribution in [3.8, 4) is 11.5 Å². The van der Waals surface area contributed by atoms with E-state index in [0.29, 0.717) is 39.4 Å². The minimum absolute atomic E-state index is 0.0470. The molecule has 2 aliphatic rings. The largest absolute Gasteiger partial charge is 0.573 e. The van der Waals surface area contributed by atoms with Crippen molar-refractivity contribution in [3.63, 3.8) is 0 Å². The summed E-state index contributed by atoms with van der Waals surface area (Å²) in [5.41, 5.74) is -1.21. The number of carbonyl (C=O) groups is 2. The average molecular weight is 637 g/mol. The minimum Gasteiger partial charge on any atom is -0.497 e. The van der Waals surface area contributed by atoms with Crippen molar-refractivity contribution in [3.05, 3.63) is 87.8 Å². The molecule has 1 aromatic heterocycles. The van der Waals surface area contributed by atoms with Crippen LogP contribution in [-0.4, -0.2) is 80.2 Å². The van der Waals surface area contributed by atoms with Crippen LogP contribution >= 0.6 is 0 Å². The second kappa shape index (κ2) is 13.2. The van der Waals surface area contributed by atoms with E-state index in [9.17, 15) is 27.6 Å². The normalized spacial score (nSPS) is 19.1. The van der Waals surface area contributed by atoms with E-state index in [1.54, 1.807) is 12.3 Å². The van der Waals surface area contributed by atoms with Crippen molar-refractivity contribution in [2.24, 2.45) is 0 Å². The van der Waals surface area contributed by atoms with Gasteiger partial charge in [-0.1, -0.05) is 0 Å². The fourth-order valence-corrected chi connectivity index (χ4v) is 5.41. The molecule has 0 saturated carbocycles. The van der Waals surface area contributed by atoms with E-state index in [2.05, 4.69) is 15.0 Å². The number of hydrogen-bond donors (Lipinski definition) is 1. The van der Waals surface area contributed by atoms with Crippen molar-refractivity contribution >= 4 is 17.5 Å². The minimum atomic E-state index is -4.94. The summed E-state index contributed by atoms with van der Waals surface area (Å²) in [7, 11) is 1.22. The fourth-order valence-electron chi connectivity index (χ4n) is 5.41. The third-order valence-corrected chi connectivity index (χ3v) is 7.66. The molecule has 5 rings (SSSR count). The van der Waals surface area contributed by atoms with Gasteiger partial charge in [-0.15, -0.1) is 13.2 Å². The summed E-state index contributed by atoms with van der Waals surface area (Å²) in [5, 5.41) is 2.46. The number of carbonyl (C=O) groups excluding carboxylic acids is 2. The van der Waals surface area contributed by atoms with Gasteiger partial charge in [0.1, 0.15) is 34.9 Å². The molecular formula is C30H29F5N4O6. The van der Waals surface area contributed by atoms with Crippen LogP contribution < -0.4 is 25.2 Å². The number of amides is 2. The smallest absolute Gasteiger partial charge is 0.497 e. The number of pyridine rings is 1. The zero-order chi connectivity index (χ0) is 32.3. The Balaban J connectivity index is 1.44. The predicted octanol–water partition coefficient (Wildman–Crippen LogP) is 3.29. The standard InChI is InChI=1S/C30H29F5N4O6/c1-43-20-15-22(31)25(23(32)16-20)21-17-39(24-3-2-8-38(28(24)41)10-9-37-11-13-44-14-12-37)29(42)26(21)36-27(40)18-4-6-19(7-5-18)45-30(33,34)35/h2-8,15-16,21,26H,9-14,17H2,1H3,(H,36,40)/t21-,26?/m0/s1. The summed E-state index contributed by atoms with van der Waals surface area (Å²) in [6, 6.07) is 7.22. The predicted molar refractivity (Wildman–Crippen MR) is 150 cm³/mol. The summed E-state index contributed by atoms with van der Waals surface area (Å²) < 4.78 is 83.7. The van der Waals surface area contributed by atoms with Gasteiger partial charge in [0.25, 0.3) is 11.5 Å². The Morgan fingerprint density at radius 3 is 2.29 bits per heavy atom. The van der Waals surface area contributed by atoms with E-state index in [1.807, 2.05) is 0 Å². The van der Waals surface area contributed by atoms with Crippen molar-refractivity contribution in [2.45, 2.75) is 24.9 Å². The second-order valence-electron chi connectivity index (χ2n) is 10.4. The maximum absolute atomic E-state index is 15.3. The first kappa shape index (κ1) is 31.9. The molecule has 1 N–H and O–H groups in total. The molecule has 240 valence electrons. The zero-order valence-electron chi connectivity index (χ0n) is 24.0. The Morgan fingerprint density at radius 1 is 1.00 bits per heavy atom. The van der Waals surface area contributed by atoms with E-state index >= 15 is 8.78 Å². The highest BCUT2D eigenvalue weighted by molar-refractivity contribution is 6.05. The number of rotatable bonds is 9. The second-order valence-corrected chi connectivity index (χ2v) is 10.4. The van der Waals surface area contributed by atoms with Crippen LogP contribution in [0.3, 0.4) is 0 Å². The molecule has 10 nitrogen and oxygen atoms in total. The van der Waals surface area contributed by atoms with Gasteiger partial charge in [-0.2, -0.15) is 0 Å². The Labute approximate surface area is 253 Å². The van der Waals surface area contributed by atoms with Crippen molar-refractivity contribution in [2.75, 3.05) is 51.4 Å². The molecule has 2 aromatic carbocycles. The van der Waals surface area contributed by atoms with E-state index in [4.69, 9.17) is 9.47 Å². The lowest BCUT2D eigenvalue weighted by Crippen LogP contribution is -2.45. The number of methoxy groups -OCH3 is 1. The van der Waals surface area contributed by atoms with Crippen molar-refractivity contribution < 1.29 is 45.8 Å². The number of alkyl halides is 3. The highest BCUT2D eigenvalue weighted by atomic mass is 19.4. The van der Waals surface area contributed by atoms with Crippen LogP contribution in [-0.2, 0) is 16.1 Å². The van der Waals surface area contributed by atoms with Crippen molar-refractivity contribution in [1.82, 2.24) is 14.8 Å². The number of aromatic nitrogens is 1. The van der Waals surface area contributed by atoms with Gasteiger partial charge in [0.2, 0.25) is 5.91 Å². The van der Waals surface area contributed by atoms with E-state index in [0.717, 1.165) is 41.3 Å². The van der Waals surface area contributed by atoms with Gasteiger partial charge < -0.3 is 29.0 Å². The molecule has 1 unspecified atom stereocenters. The summed E-state index contributed by atoms with van der Waals surface area (Å²) in [4.78, 5) is 43.7. The fraction of sp³-hybridized carbons (Fsp3) is 0.367. The number of morpholine rings is 1. The molecule has 2 amide bonds. The highest BCUT2D eigenvalue weighted by Crippen LogP contribution is 2.36. The molecule has 0 aliphatic carbocycles. The average Bonchev–Trinajstić information content (AvgIpc) is 3.31. The third-order valence-electron chi connectivity index (χ3n) is 7.66. The number of halogens is 5. The van der Waals surface area contributed by atoms with Crippen LogP contribution in [0.25, 0.3) is 0 Å². The molecule has 0 bridgehead atoms. The summed E-state index contributed by atoms with van der Waals surface area (Å²) in [6.45, 7) is 3.08. The first-order valence-corrected chi connectivity index (χ1v) is 14.0. The van der Waals surface area contributed by atoms with Crippen LogP contribution in [0.4, 0.5) is 27.6 Å². The molecule has 3 heterocycles. The number of ether oxygens (including phenoxy) is 3. The molecule has 0 spiro atoms. The van der Waals surface area contributed by atoms with Crippen LogP contribution in [0.15, 0.2) is 59.5 Å². The van der Waals surface area contributed by atoms with Crippen LogP contribution in [0, 0.1) is 11.6 Å². The summed E-state index contributed by atoms with van der Waals surface area (Å²) in [6.07, 6.45) is -3.37. The van der Waals surface area contributed by atoms with Crippen LogP contribution in [0.1, 0.15) is 21.8 Å². The summed E-state index contributed by atoms with van der Waals surface area (Å²) >= 11 is 0. The molecule has 0 radical (unpaired) electrons. The van der Waals surface area contributed by atoms with Crippen LogP contribution in [0.2, 0.25) is 0 Å². The zero-order valence-corrected chi connectivity index (χ0v) is 24.0. The van der Waals surface area contributed by atoms with Gasteiger partial charge in [-0.3, -0.25) is 19.3 Å². The topological polar surface area (TPSA) is 102 Å².